The molecule has 0 amide bonds. The third-order valence-electron chi connectivity index (χ3n) is 2.67. The van der Waals surface area contributed by atoms with Crippen LogP contribution in [-0.2, 0) is 4.79 Å². The van der Waals surface area contributed by atoms with Crippen molar-refractivity contribution in [2.45, 2.75) is 32.6 Å². The first-order valence-corrected chi connectivity index (χ1v) is 5.54. The Kier molecular flexibility index (Phi) is 4.47. The fraction of sp³-hybridized carbons (Fsp3) is 0.462. The van der Waals surface area contributed by atoms with E-state index in [1.165, 1.54) is 18.2 Å². The van der Waals surface area contributed by atoms with Crippen molar-refractivity contribution >= 4 is 12.0 Å². The molecule has 2 nitrogen and oxygen atoms in total. The molecule has 1 unspecified atom stereocenters. The molecule has 88 valence electrons. The zero-order valence-corrected chi connectivity index (χ0v) is 9.74. The minimum atomic E-state index is -0.347. The van der Waals surface area contributed by atoms with E-state index in [4.69, 9.17) is 5.73 Å². The molecule has 1 aromatic carbocycles. The first kappa shape index (κ1) is 12.7. The van der Waals surface area contributed by atoms with Gasteiger partial charge in [0.2, 0.25) is 0 Å². The van der Waals surface area contributed by atoms with Crippen molar-refractivity contribution in [2.75, 3.05) is 5.73 Å². The summed E-state index contributed by atoms with van der Waals surface area (Å²) in [4.78, 5) is 11.0. The smallest absolute Gasteiger partial charge is 0.127 e. The second-order valence-corrected chi connectivity index (χ2v) is 4.49. The van der Waals surface area contributed by atoms with Gasteiger partial charge in [0, 0.05) is 11.6 Å². The molecule has 0 saturated heterocycles. The molecule has 1 rings (SSSR count). The standard InChI is InChI=1S/C13H18FNO/c1-9(2)3-4-10(8-16)12-7-11(14)5-6-13(12)15/h5-10H,3-4,15H2,1-2H3. The van der Waals surface area contributed by atoms with Gasteiger partial charge in [-0.1, -0.05) is 13.8 Å². The molecular formula is C13H18FNO. The Hall–Kier alpha value is -1.38. The summed E-state index contributed by atoms with van der Waals surface area (Å²) >= 11 is 0. The topological polar surface area (TPSA) is 43.1 Å². The van der Waals surface area contributed by atoms with Crippen molar-refractivity contribution in [2.24, 2.45) is 5.92 Å². The predicted molar refractivity (Wildman–Crippen MR) is 63.7 cm³/mol. The minimum Gasteiger partial charge on any atom is -0.398 e. The average molecular weight is 223 g/mol. The van der Waals surface area contributed by atoms with Crippen LogP contribution in [0.25, 0.3) is 0 Å². The number of hydrogen-bond donors (Lipinski definition) is 1. The highest BCUT2D eigenvalue weighted by atomic mass is 19.1. The molecular weight excluding hydrogens is 205 g/mol. The van der Waals surface area contributed by atoms with Gasteiger partial charge in [-0.25, -0.2) is 4.39 Å². The Balaban J connectivity index is 2.85. The maximum atomic E-state index is 13.1. The van der Waals surface area contributed by atoms with E-state index in [0.717, 1.165) is 19.1 Å². The van der Waals surface area contributed by atoms with E-state index in [1.54, 1.807) is 0 Å². The van der Waals surface area contributed by atoms with Crippen LogP contribution in [-0.4, -0.2) is 6.29 Å². The first-order chi connectivity index (χ1) is 7.54. The van der Waals surface area contributed by atoms with E-state index >= 15 is 0 Å². The van der Waals surface area contributed by atoms with Crippen LogP contribution in [0.5, 0.6) is 0 Å². The van der Waals surface area contributed by atoms with Crippen LogP contribution in [0.4, 0.5) is 10.1 Å². The Morgan fingerprint density at radius 1 is 1.38 bits per heavy atom. The Morgan fingerprint density at radius 3 is 2.62 bits per heavy atom. The van der Waals surface area contributed by atoms with Gasteiger partial charge in [-0.15, -0.1) is 0 Å². The highest BCUT2D eigenvalue weighted by Gasteiger charge is 2.14. The summed E-state index contributed by atoms with van der Waals surface area (Å²) in [6.07, 6.45) is 2.50. The molecule has 0 aliphatic heterocycles. The third kappa shape index (κ3) is 3.33. The van der Waals surface area contributed by atoms with E-state index in [1.807, 2.05) is 0 Å². The molecule has 2 N–H and O–H groups in total. The summed E-state index contributed by atoms with van der Waals surface area (Å²) in [6.45, 7) is 4.19. The van der Waals surface area contributed by atoms with Crippen LogP contribution < -0.4 is 5.73 Å². The molecule has 1 aromatic rings. The molecule has 3 heteroatoms. The van der Waals surface area contributed by atoms with Crippen LogP contribution in [0.2, 0.25) is 0 Å². The van der Waals surface area contributed by atoms with Gasteiger partial charge in [0.05, 0.1) is 0 Å². The number of benzene rings is 1. The molecule has 0 heterocycles. The van der Waals surface area contributed by atoms with Crippen molar-refractivity contribution in [3.8, 4) is 0 Å². The zero-order valence-electron chi connectivity index (χ0n) is 9.74. The van der Waals surface area contributed by atoms with Crippen LogP contribution >= 0.6 is 0 Å². The summed E-state index contributed by atoms with van der Waals surface area (Å²) < 4.78 is 13.1. The summed E-state index contributed by atoms with van der Waals surface area (Å²) in [7, 11) is 0. The van der Waals surface area contributed by atoms with Gasteiger partial charge in [0.25, 0.3) is 0 Å². The van der Waals surface area contributed by atoms with E-state index in [0.29, 0.717) is 17.2 Å². The van der Waals surface area contributed by atoms with Gasteiger partial charge in [-0.05, 0) is 42.5 Å². The molecule has 0 saturated carbocycles. The average Bonchev–Trinajstić information content (AvgIpc) is 2.23. The number of anilines is 1. The lowest BCUT2D eigenvalue weighted by Gasteiger charge is -2.14. The van der Waals surface area contributed by atoms with Gasteiger partial charge in [-0.2, -0.15) is 0 Å². The van der Waals surface area contributed by atoms with Crippen molar-refractivity contribution in [1.29, 1.82) is 0 Å². The zero-order chi connectivity index (χ0) is 12.1. The number of carbonyl (C=O) groups excluding carboxylic acids is 1. The number of carbonyl (C=O) groups is 1. The first-order valence-electron chi connectivity index (χ1n) is 5.54. The molecule has 0 aromatic heterocycles. The SMILES string of the molecule is CC(C)CCC(C=O)c1cc(F)ccc1N. The third-order valence-corrected chi connectivity index (χ3v) is 2.67. The molecule has 0 aliphatic rings. The second-order valence-electron chi connectivity index (χ2n) is 4.49. The molecule has 16 heavy (non-hydrogen) atoms. The molecule has 0 spiro atoms. The quantitative estimate of drug-likeness (QED) is 0.615. The number of hydrogen-bond acceptors (Lipinski definition) is 2. The van der Waals surface area contributed by atoms with Crippen molar-refractivity contribution in [1.82, 2.24) is 0 Å². The molecule has 0 radical (unpaired) electrons. The molecule has 0 fully saturated rings. The van der Waals surface area contributed by atoms with Gasteiger partial charge in [0.1, 0.15) is 12.1 Å². The lowest BCUT2D eigenvalue weighted by atomic mass is 9.91. The maximum absolute atomic E-state index is 13.1. The van der Waals surface area contributed by atoms with E-state index in [2.05, 4.69) is 13.8 Å². The van der Waals surface area contributed by atoms with E-state index in [-0.39, 0.29) is 11.7 Å². The van der Waals surface area contributed by atoms with Crippen LogP contribution in [0.15, 0.2) is 18.2 Å². The summed E-state index contributed by atoms with van der Waals surface area (Å²) in [5, 5.41) is 0. The number of rotatable bonds is 5. The van der Waals surface area contributed by atoms with Crippen molar-refractivity contribution in [3.63, 3.8) is 0 Å². The fourth-order valence-corrected chi connectivity index (χ4v) is 1.68. The Morgan fingerprint density at radius 2 is 2.06 bits per heavy atom. The summed E-state index contributed by atoms with van der Waals surface area (Å²) in [6, 6.07) is 4.18. The van der Waals surface area contributed by atoms with Crippen LogP contribution in [0, 0.1) is 11.7 Å². The monoisotopic (exact) mass is 223 g/mol. The van der Waals surface area contributed by atoms with Crippen molar-refractivity contribution in [3.05, 3.63) is 29.6 Å². The second kappa shape index (κ2) is 5.64. The van der Waals surface area contributed by atoms with Crippen LogP contribution in [0.1, 0.15) is 38.2 Å². The summed E-state index contributed by atoms with van der Waals surface area (Å²) in [5.74, 6) is -0.115. The largest absolute Gasteiger partial charge is 0.398 e. The maximum Gasteiger partial charge on any atom is 0.127 e. The van der Waals surface area contributed by atoms with Crippen molar-refractivity contribution < 1.29 is 9.18 Å². The number of nitrogens with two attached hydrogens (primary N) is 1. The number of halogens is 1. The fourth-order valence-electron chi connectivity index (χ4n) is 1.68. The summed E-state index contributed by atoms with van der Waals surface area (Å²) in [5.41, 5.74) is 6.84. The molecule has 0 bridgehead atoms. The number of nitrogen functional groups attached to an aromatic ring is 1. The minimum absolute atomic E-state index is 0.293. The van der Waals surface area contributed by atoms with Gasteiger partial charge < -0.3 is 10.5 Å². The highest BCUT2D eigenvalue weighted by molar-refractivity contribution is 5.67. The number of aldehydes is 1. The van der Waals surface area contributed by atoms with E-state index < -0.39 is 0 Å². The van der Waals surface area contributed by atoms with E-state index in [9.17, 15) is 9.18 Å². The Bertz CT molecular complexity index is 363. The predicted octanol–water partition coefficient (Wildman–Crippen LogP) is 3.13. The van der Waals surface area contributed by atoms with Gasteiger partial charge in [-0.3, -0.25) is 0 Å². The molecule has 1 atom stereocenters. The lowest BCUT2D eigenvalue weighted by Crippen LogP contribution is -2.06. The van der Waals surface area contributed by atoms with Crippen LogP contribution in [0.3, 0.4) is 0 Å². The van der Waals surface area contributed by atoms with Gasteiger partial charge in [0.15, 0.2) is 0 Å². The normalized spacial score (nSPS) is 12.8. The lowest BCUT2D eigenvalue weighted by molar-refractivity contribution is -0.109. The van der Waals surface area contributed by atoms with Gasteiger partial charge >= 0.3 is 0 Å². The highest BCUT2D eigenvalue weighted by Crippen LogP contribution is 2.26. The molecule has 0 aliphatic carbocycles. The Labute approximate surface area is 95.7 Å².